The molecule has 1 aromatic carbocycles. The van der Waals surface area contributed by atoms with E-state index < -0.39 is 11.4 Å². The molecule has 22 heavy (non-hydrogen) atoms. The van der Waals surface area contributed by atoms with Crippen LogP contribution in [0.15, 0.2) is 24.3 Å². The Hall–Kier alpha value is -2.30. The van der Waals surface area contributed by atoms with E-state index in [-0.39, 0.29) is 24.5 Å². The van der Waals surface area contributed by atoms with E-state index in [2.05, 4.69) is 6.58 Å². The lowest BCUT2D eigenvalue weighted by atomic mass is 9.84. The minimum atomic E-state index is -0.473. The maximum Gasteiger partial charge on any atom is 0.333 e. The highest BCUT2D eigenvalue weighted by atomic mass is 16.6. The van der Waals surface area contributed by atoms with Crippen molar-refractivity contribution in [3.8, 4) is 11.5 Å². The summed E-state index contributed by atoms with van der Waals surface area (Å²) in [5, 5.41) is 10.2. The zero-order valence-electron chi connectivity index (χ0n) is 13.4. The molecule has 0 unspecified atom stereocenters. The van der Waals surface area contributed by atoms with Crippen molar-refractivity contribution in [3.05, 3.63) is 35.4 Å². The molecule has 0 atom stereocenters. The average Bonchev–Trinajstić information content (AvgIpc) is 2.41. The first-order valence-electron chi connectivity index (χ1n) is 6.95. The molecule has 0 saturated heterocycles. The smallest absolute Gasteiger partial charge is 0.333 e. The number of phenolic OH excluding ortho intramolecular Hbond substituents is 1. The normalized spacial score (nSPS) is 10.9. The summed E-state index contributed by atoms with van der Waals surface area (Å²) in [6.45, 7) is 11.0. The monoisotopic (exact) mass is 306 g/mol. The lowest BCUT2D eigenvalue weighted by molar-refractivity contribution is -0.139. The van der Waals surface area contributed by atoms with Gasteiger partial charge in [0.05, 0.1) is 5.56 Å². The fourth-order valence-corrected chi connectivity index (χ4v) is 1.94. The second-order valence-corrected chi connectivity index (χ2v) is 6.01. The first-order valence-corrected chi connectivity index (χ1v) is 6.95. The van der Waals surface area contributed by atoms with Crippen LogP contribution in [0.2, 0.25) is 0 Å². The first-order chi connectivity index (χ1) is 10.2. The molecule has 0 amide bonds. The SMILES string of the molecule is C=C(C)C(=O)OCCOc1ccc(C=O)c(O)c1C(C)(C)C. The third-order valence-corrected chi connectivity index (χ3v) is 2.97. The second-order valence-electron chi connectivity index (χ2n) is 6.01. The van der Waals surface area contributed by atoms with Gasteiger partial charge in [0.2, 0.25) is 0 Å². The number of esters is 1. The summed E-state index contributed by atoms with van der Waals surface area (Å²) in [5.74, 6) is -0.0975. The Morgan fingerprint density at radius 3 is 2.45 bits per heavy atom. The van der Waals surface area contributed by atoms with Gasteiger partial charge in [-0.05, 0) is 24.5 Å². The number of carbonyl (C=O) groups is 2. The number of hydrogen-bond donors (Lipinski definition) is 1. The van der Waals surface area contributed by atoms with Crippen LogP contribution < -0.4 is 4.74 Å². The van der Waals surface area contributed by atoms with E-state index in [1.165, 1.54) is 6.07 Å². The van der Waals surface area contributed by atoms with Gasteiger partial charge in [0.25, 0.3) is 0 Å². The van der Waals surface area contributed by atoms with Crippen LogP contribution in [-0.4, -0.2) is 30.6 Å². The predicted octanol–water partition coefficient (Wildman–Crippen LogP) is 3.00. The van der Waals surface area contributed by atoms with Crippen LogP contribution in [0.3, 0.4) is 0 Å². The molecule has 0 aliphatic rings. The standard InChI is InChI=1S/C17H22O5/c1-11(2)16(20)22-9-8-21-13-7-6-12(10-18)15(19)14(13)17(3,4)5/h6-7,10,19H,1,8-9H2,2-5H3. The highest BCUT2D eigenvalue weighted by Crippen LogP contribution is 2.39. The van der Waals surface area contributed by atoms with Gasteiger partial charge in [0.15, 0.2) is 6.29 Å². The average molecular weight is 306 g/mol. The number of ether oxygens (including phenoxy) is 2. The van der Waals surface area contributed by atoms with Crippen LogP contribution in [0.25, 0.3) is 0 Å². The summed E-state index contributed by atoms with van der Waals surface area (Å²) in [4.78, 5) is 22.2. The van der Waals surface area contributed by atoms with Crippen molar-refractivity contribution in [2.45, 2.75) is 33.1 Å². The molecule has 0 fully saturated rings. The molecule has 120 valence electrons. The Kier molecular flexibility index (Phi) is 5.74. The highest BCUT2D eigenvalue weighted by molar-refractivity contribution is 5.86. The van der Waals surface area contributed by atoms with Gasteiger partial charge in [-0.2, -0.15) is 0 Å². The molecule has 0 spiro atoms. The van der Waals surface area contributed by atoms with Crippen molar-refractivity contribution in [2.75, 3.05) is 13.2 Å². The summed E-state index contributed by atoms with van der Waals surface area (Å²) < 4.78 is 10.5. The Morgan fingerprint density at radius 2 is 1.95 bits per heavy atom. The lowest BCUT2D eigenvalue weighted by Crippen LogP contribution is -2.17. The minimum Gasteiger partial charge on any atom is -0.507 e. The summed E-state index contributed by atoms with van der Waals surface area (Å²) in [6, 6.07) is 3.12. The second kappa shape index (κ2) is 7.11. The summed E-state index contributed by atoms with van der Waals surface area (Å²) in [7, 11) is 0. The minimum absolute atomic E-state index is 0.0749. The number of carbonyl (C=O) groups excluding carboxylic acids is 2. The molecule has 0 saturated carbocycles. The maximum absolute atomic E-state index is 11.3. The van der Waals surface area contributed by atoms with Crippen LogP contribution >= 0.6 is 0 Å². The number of hydrogen-bond acceptors (Lipinski definition) is 5. The van der Waals surface area contributed by atoms with Gasteiger partial charge in [-0.3, -0.25) is 4.79 Å². The Morgan fingerprint density at radius 1 is 1.32 bits per heavy atom. The number of aldehydes is 1. The van der Waals surface area contributed by atoms with E-state index in [1.54, 1.807) is 13.0 Å². The molecule has 0 aromatic heterocycles. The van der Waals surface area contributed by atoms with E-state index in [4.69, 9.17) is 9.47 Å². The Labute approximate surface area is 130 Å². The summed E-state index contributed by atoms with van der Waals surface area (Å²) in [5.41, 5.74) is 0.671. The Bertz CT molecular complexity index is 581. The summed E-state index contributed by atoms with van der Waals surface area (Å²) in [6.07, 6.45) is 0.600. The van der Waals surface area contributed by atoms with Crippen molar-refractivity contribution in [2.24, 2.45) is 0 Å². The van der Waals surface area contributed by atoms with Crippen molar-refractivity contribution in [1.82, 2.24) is 0 Å². The van der Waals surface area contributed by atoms with Crippen molar-refractivity contribution < 1.29 is 24.2 Å². The van der Waals surface area contributed by atoms with Gasteiger partial charge < -0.3 is 14.6 Å². The topological polar surface area (TPSA) is 72.8 Å². The van der Waals surface area contributed by atoms with E-state index >= 15 is 0 Å². The van der Waals surface area contributed by atoms with Crippen molar-refractivity contribution >= 4 is 12.3 Å². The number of rotatable bonds is 6. The van der Waals surface area contributed by atoms with Crippen LogP contribution in [-0.2, 0) is 14.9 Å². The molecule has 5 nitrogen and oxygen atoms in total. The molecular weight excluding hydrogens is 284 g/mol. The highest BCUT2D eigenvalue weighted by Gasteiger charge is 2.25. The van der Waals surface area contributed by atoms with Gasteiger partial charge >= 0.3 is 5.97 Å². The van der Waals surface area contributed by atoms with Crippen LogP contribution in [0.4, 0.5) is 0 Å². The first kappa shape index (κ1) is 17.8. The fraction of sp³-hybridized carbons (Fsp3) is 0.412. The third kappa shape index (κ3) is 4.35. The number of phenols is 1. The molecule has 5 heteroatoms. The molecule has 0 heterocycles. The molecule has 0 radical (unpaired) electrons. The van der Waals surface area contributed by atoms with Crippen molar-refractivity contribution in [1.29, 1.82) is 0 Å². The predicted molar refractivity (Wildman–Crippen MR) is 83.5 cm³/mol. The fourth-order valence-electron chi connectivity index (χ4n) is 1.94. The number of benzene rings is 1. The van der Waals surface area contributed by atoms with E-state index in [9.17, 15) is 14.7 Å². The molecular formula is C17H22O5. The molecule has 0 aliphatic heterocycles. The molecule has 0 bridgehead atoms. The van der Waals surface area contributed by atoms with Gasteiger partial charge in [0, 0.05) is 11.1 Å². The molecule has 1 aromatic rings. The number of aromatic hydroxyl groups is 1. The van der Waals surface area contributed by atoms with Gasteiger partial charge in [-0.25, -0.2) is 4.79 Å². The largest absolute Gasteiger partial charge is 0.507 e. The van der Waals surface area contributed by atoms with Crippen molar-refractivity contribution in [3.63, 3.8) is 0 Å². The Balaban J connectivity index is 2.87. The van der Waals surface area contributed by atoms with E-state index in [0.29, 0.717) is 23.2 Å². The van der Waals surface area contributed by atoms with E-state index in [0.717, 1.165) is 0 Å². The van der Waals surface area contributed by atoms with Gasteiger partial charge in [-0.1, -0.05) is 27.4 Å². The lowest BCUT2D eigenvalue weighted by Gasteiger charge is -2.24. The van der Waals surface area contributed by atoms with Gasteiger partial charge in [-0.15, -0.1) is 0 Å². The molecule has 1 rings (SSSR count). The quantitative estimate of drug-likeness (QED) is 0.378. The van der Waals surface area contributed by atoms with Crippen LogP contribution in [0, 0.1) is 0 Å². The summed E-state index contributed by atoms with van der Waals surface area (Å²) >= 11 is 0. The van der Waals surface area contributed by atoms with Crippen LogP contribution in [0.5, 0.6) is 11.5 Å². The molecule has 0 aliphatic carbocycles. The van der Waals surface area contributed by atoms with E-state index in [1.807, 2.05) is 20.8 Å². The maximum atomic E-state index is 11.3. The van der Waals surface area contributed by atoms with Crippen LogP contribution in [0.1, 0.15) is 43.6 Å². The molecule has 1 N–H and O–H groups in total. The van der Waals surface area contributed by atoms with Gasteiger partial charge in [0.1, 0.15) is 24.7 Å². The zero-order valence-corrected chi connectivity index (χ0v) is 13.4. The zero-order chi connectivity index (χ0) is 16.9. The third-order valence-electron chi connectivity index (χ3n) is 2.97.